The molecule has 0 aliphatic carbocycles. The number of alkyl halides is 3. The van der Waals surface area contributed by atoms with Crippen LogP contribution in [0.2, 0.25) is 5.02 Å². The molecule has 1 amide bonds. The lowest BCUT2D eigenvalue weighted by molar-refractivity contribution is -0.137. The number of aliphatic imine (C=N–C) groups is 1. The second-order valence-corrected chi connectivity index (χ2v) is 7.39. The Hall–Kier alpha value is -1.50. The Kier molecular flexibility index (Phi) is 11.0. The van der Waals surface area contributed by atoms with Gasteiger partial charge in [0.25, 0.3) is 0 Å². The third kappa shape index (κ3) is 10.2. The molecule has 0 radical (unpaired) electrons. The number of carbonyl (C=O) groups is 1. The SMILES string of the molecule is CN=C(NCCOc1ncc(C(F)(F)F)cc1Cl)N(C)CC(=O)NC(C)(C)C.I. The average Bonchev–Trinajstić information content (AvgIpc) is 2.53. The zero-order valence-corrected chi connectivity index (χ0v) is 19.9. The maximum atomic E-state index is 12.6. The molecule has 1 heterocycles. The Morgan fingerprint density at radius 3 is 2.45 bits per heavy atom. The van der Waals surface area contributed by atoms with Crippen molar-refractivity contribution in [2.45, 2.75) is 32.5 Å². The second kappa shape index (κ2) is 11.6. The minimum atomic E-state index is -4.52. The van der Waals surface area contributed by atoms with Gasteiger partial charge in [-0.2, -0.15) is 13.2 Å². The van der Waals surface area contributed by atoms with Gasteiger partial charge in [-0.15, -0.1) is 24.0 Å². The van der Waals surface area contributed by atoms with Gasteiger partial charge in [0, 0.05) is 25.8 Å². The topological polar surface area (TPSA) is 78.9 Å². The summed E-state index contributed by atoms with van der Waals surface area (Å²) in [7, 11) is 3.27. The molecule has 0 bridgehead atoms. The van der Waals surface area contributed by atoms with Crippen LogP contribution in [0.3, 0.4) is 0 Å². The summed E-state index contributed by atoms with van der Waals surface area (Å²) in [6, 6.07) is 0.762. The summed E-state index contributed by atoms with van der Waals surface area (Å²) in [6.07, 6.45) is -3.86. The summed E-state index contributed by atoms with van der Waals surface area (Å²) in [6.45, 7) is 6.11. The Bertz CT molecular complexity index is 711. The van der Waals surface area contributed by atoms with Gasteiger partial charge in [0.15, 0.2) is 5.96 Å². The van der Waals surface area contributed by atoms with E-state index in [4.69, 9.17) is 16.3 Å². The van der Waals surface area contributed by atoms with Crippen LogP contribution in [0.5, 0.6) is 5.88 Å². The second-order valence-electron chi connectivity index (χ2n) is 6.99. The predicted octanol–water partition coefficient (Wildman–Crippen LogP) is 3.17. The van der Waals surface area contributed by atoms with E-state index in [1.807, 2.05) is 20.8 Å². The van der Waals surface area contributed by atoms with Crippen molar-refractivity contribution in [3.63, 3.8) is 0 Å². The van der Waals surface area contributed by atoms with E-state index < -0.39 is 11.7 Å². The molecule has 166 valence electrons. The summed E-state index contributed by atoms with van der Waals surface area (Å²) in [5.74, 6) is 0.207. The van der Waals surface area contributed by atoms with Crippen LogP contribution in [0, 0.1) is 0 Å². The van der Waals surface area contributed by atoms with Gasteiger partial charge in [-0.25, -0.2) is 4.98 Å². The first kappa shape index (κ1) is 27.5. The van der Waals surface area contributed by atoms with E-state index in [2.05, 4.69) is 20.6 Å². The molecule has 0 saturated carbocycles. The van der Waals surface area contributed by atoms with Gasteiger partial charge < -0.3 is 20.3 Å². The van der Waals surface area contributed by atoms with Crippen LogP contribution < -0.4 is 15.4 Å². The third-order valence-electron chi connectivity index (χ3n) is 3.23. The van der Waals surface area contributed by atoms with E-state index in [0.29, 0.717) is 12.2 Å². The number of amides is 1. The van der Waals surface area contributed by atoms with E-state index in [1.54, 1.807) is 19.0 Å². The quantitative estimate of drug-likeness (QED) is 0.246. The summed E-state index contributed by atoms with van der Waals surface area (Å²) in [4.78, 5) is 21.3. The standard InChI is InChI=1S/C17H25ClF3N5O2.HI/c1-16(2,3)25-13(27)10-26(5)15(22-4)23-6-7-28-14-12(18)8-11(9-24-14)17(19,20)21;/h8-9H,6-7,10H2,1-5H3,(H,22,23)(H,25,27);1H. The van der Waals surface area contributed by atoms with Crippen LogP contribution in [0.4, 0.5) is 13.2 Å². The number of aromatic nitrogens is 1. The van der Waals surface area contributed by atoms with Crippen molar-refractivity contribution in [1.29, 1.82) is 0 Å². The molecule has 29 heavy (non-hydrogen) atoms. The highest BCUT2D eigenvalue weighted by atomic mass is 127. The van der Waals surface area contributed by atoms with Crippen LogP contribution in [0.25, 0.3) is 0 Å². The Labute approximate surface area is 190 Å². The van der Waals surface area contributed by atoms with Gasteiger partial charge in [0.05, 0.1) is 18.7 Å². The number of nitrogens with zero attached hydrogens (tertiary/aromatic N) is 3. The molecule has 2 N–H and O–H groups in total. The predicted molar refractivity (Wildman–Crippen MR) is 117 cm³/mol. The van der Waals surface area contributed by atoms with Crippen molar-refractivity contribution in [3.8, 4) is 5.88 Å². The highest BCUT2D eigenvalue weighted by Gasteiger charge is 2.31. The third-order valence-corrected chi connectivity index (χ3v) is 3.50. The molecule has 0 spiro atoms. The number of rotatable bonds is 6. The number of carbonyl (C=O) groups excluding carboxylic acids is 1. The molecule has 0 saturated heterocycles. The minimum Gasteiger partial charge on any atom is -0.475 e. The molecule has 7 nitrogen and oxygen atoms in total. The number of ether oxygens (including phenoxy) is 1. The van der Waals surface area contributed by atoms with Crippen molar-refractivity contribution in [1.82, 2.24) is 20.5 Å². The van der Waals surface area contributed by atoms with Crippen LogP contribution in [0.1, 0.15) is 26.3 Å². The molecule has 0 atom stereocenters. The number of pyridine rings is 1. The van der Waals surface area contributed by atoms with Crippen molar-refractivity contribution >= 4 is 47.4 Å². The van der Waals surface area contributed by atoms with E-state index in [9.17, 15) is 18.0 Å². The fourth-order valence-electron chi connectivity index (χ4n) is 2.13. The zero-order chi connectivity index (χ0) is 21.5. The largest absolute Gasteiger partial charge is 0.475 e. The minimum absolute atomic E-state index is 0. The highest BCUT2D eigenvalue weighted by molar-refractivity contribution is 14.0. The molecule has 0 aliphatic rings. The van der Waals surface area contributed by atoms with E-state index in [0.717, 1.165) is 6.07 Å². The molecular formula is C17H26ClF3IN5O2. The van der Waals surface area contributed by atoms with Gasteiger partial charge in [-0.1, -0.05) is 11.6 Å². The van der Waals surface area contributed by atoms with Crippen molar-refractivity contribution in [2.75, 3.05) is 33.8 Å². The Balaban J connectivity index is 0.00000784. The number of likely N-dealkylation sites (N-methyl/N-ethyl adjacent to an activating group) is 1. The molecule has 0 unspecified atom stereocenters. The lowest BCUT2D eigenvalue weighted by atomic mass is 10.1. The maximum absolute atomic E-state index is 12.6. The number of guanidine groups is 1. The average molecular weight is 552 g/mol. The molecule has 0 aliphatic heterocycles. The van der Waals surface area contributed by atoms with E-state index in [1.165, 1.54) is 0 Å². The molecular weight excluding hydrogens is 526 g/mol. The van der Waals surface area contributed by atoms with Crippen molar-refractivity contribution in [3.05, 3.63) is 22.8 Å². The first-order valence-electron chi connectivity index (χ1n) is 8.42. The lowest BCUT2D eigenvalue weighted by Gasteiger charge is -2.25. The normalized spacial score (nSPS) is 12.1. The number of hydrogen-bond acceptors (Lipinski definition) is 4. The van der Waals surface area contributed by atoms with Gasteiger partial charge in [0.1, 0.15) is 11.6 Å². The number of nitrogens with one attached hydrogen (secondary N) is 2. The smallest absolute Gasteiger partial charge is 0.417 e. The fourth-order valence-corrected chi connectivity index (χ4v) is 2.35. The van der Waals surface area contributed by atoms with Crippen LogP contribution in [0.15, 0.2) is 17.3 Å². The first-order valence-corrected chi connectivity index (χ1v) is 8.79. The first-order chi connectivity index (χ1) is 12.8. The Morgan fingerprint density at radius 1 is 1.34 bits per heavy atom. The number of hydrogen-bond donors (Lipinski definition) is 2. The maximum Gasteiger partial charge on any atom is 0.417 e. The van der Waals surface area contributed by atoms with Crippen molar-refractivity contribution in [2.24, 2.45) is 4.99 Å². The van der Waals surface area contributed by atoms with Gasteiger partial charge in [0.2, 0.25) is 11.8 Å². The van der Waals surface area contributed by atoms with E-state index >= 15 is 0 Å². The summed E-state index contributed by atoms with van der Waals surface area (Å²) < 4.78 is 43.1. The molecule has 1 rings (SSSR count). The number of halogens is 5. The van der Waals surface area contributed by atoms with Gasteiger partial charge >= 0.3 is 6.18 Å². The monoisotopic (exact) mass is 551 g/mol. The van der Waals surface area contributed by atoms with Crippen molar-refractivity contribution < 1.29 is 22.7 Å². The van der Waals surface area contributed by atoms with Crippen LogP contribution >= 0.6 is 35.6 Å². The van der Waals surface area contributed by atoms with Crippen LogP contribution in [-0.2, 0) is 11.0 Å². The molecule has 0 fully saturated rings. The highest BCUT2D eigenvalue weighted by Crippen LogP contribution is 2.32. The van der Waals surface area contributed by atoms with E-state index in [-0.39, 0.29) is 66.0 Å². The summed E-state index contributed by atoms with van der Waals surface area (Å²) in [5.41, 5.74) is -1.28. The van der Waals surface area contributed by atoms with Crippen LogP contribution in [-0.4, -0.2) is 61.1 Å². The summed E-state index contributed by atoms with van der Waals surface area (Å²) >= 11 is 5.78. The summed E-state index contributed by atoms with van der Waals surface area (Å²) in [5, 5.41) is 5.60. The zero-order valence-electron chi connectivity index (χ0n) is 16.9. The van der Waals surface area contributed by atoms with Gasteiger partial charge in [-0.05, 0) is 26.8 Å². The molecule has 0 aromatic carbocycles. The lowest BCUT2D eigenvalue weighted by Crippen LogP contribution is -2.49. The molecule has 1 aromatic heterocycles. The molecule has 1 aromatic rings. The molecule has 12 heteroatoms. The Morgan fingerprint density at radius 2 is 1.97 bits per heavy atom. The van der Waals surface area contributed by atoms with Gasteiger partial charge in [-0.3, -0.25) is 9.79 Å². The fraction of sp³-hybridized carbons (Fsp3) is 0.588.